The summed E-state index contributed by atoms with van der Waals surface area (Å²) in [6.07, 6.45) is 13.2. The van der Waals surface area contributed by atoms with Gasteiger partial charge in [-0.15, -0.1) is 10.2 Å². The lowest BCUT2D eigenvalue weighted by atomic mass is 9.95. The summed E-state index contributed by atoms with van der Waals surface area (Å²) in [6, 6.07) is 24.5. The molecule has 2 N–H and O–H groups in total. The normalized spacial score (nSPS) is 15.3. The first-order valence-electron chi connectivity index (χ1n) is 20.6. The summed E-state index contributed by atoms with van der Waals surface area (Å²) in [5, 5.41) is 24.5. The lowest BCUT2D eigenvalue weighted by molar-refractivity contribution is 0.412. The molecule has 6 heterocycles. The first kappa shape index (κ1) is 41.3. The SMILES string of the molecule is COc1cc(Nc2nc3n(n2)CC=CC[C@@H]3c2ccc(F)cc2)ccc1-n1cnc(C)n1.COc1cc(Nc2nc3n(n2)CC=CC[C@H]3c2ccc(F)cc2)ccc1-n1cnc(C)n1. The molecule has 16 nitrogen and oxygen atoms in total. The van der Waals surface area contributed by atoms with E-state index in [1.54, 1.807) is 60.5 Å². The zero-order valence-electron chi connectivity index (χ0n) is 35.5. The van der Waals surface area contributed by atoms with Crippen LogP contribution in [0.25, 0.3) is 11.4 Å². The van der Waals surface area contributed by atoms with Gasteiger partial charge in [-0.25, -0.2) is 37.5 Å². The van der Waals surface area contributed by atoms with Crippen LogP contribution >= 0.6 is 0 Å². The van der Waals surface area contributed by atoms with Crippen molar-refractivity contribution in [1.29, 1.82) is 0 Å². The number of anilines is 4. The highest BCUT2D eigenvalue weighted by Gasteiger charge is 2.25. The number of allylic oxidation sites excluding steroid dienone is 4. The Labute approximate surface area is 367 Å². The number of ether oxygens (including phenoxy) is 2. The van der Waals surface area contributed by atoms with Crippen molar-refractivity contribution in [1.82, 2.24) is 59.1 Å². The molecule has 2 aliphatic rings. The fraction of sp³-hybridized carbons (Fsp3) is 0.217. The molecule has 0 radical (unpaired) electrons. The molecule has 64 heavy (non-hydrogen) atoms. The van der Waals surface area contributed by atoms with Gasteiger partial charge in [0.1, 0.15) is 70.5 Å². The molecule has 0 fully saturated rings. The topological polar surface area (TPSA) is 165 Å². The van der Waals surface area contributed by atoms with Gasteiger partial charge in [-0.05, 0) is 86.3 Å². The molecule has 0 bridgehead atoms. The number of rotatable bonds is 10. The highest BCUT2D eigenvalue weighted by Crippen LogP contribution is 2.34. The summed E-state index contributed by atoms with van der Waals surface area (Å²) in [5.74, 6) is 4.83. The monoisotopic (exact) mass is 862 g/mol. The van der Waals surface area contributed by atoms with Gasteiger partial charge in [0, 0.05) is 35.3 Å². The molecule has 2 atom stereocenters. The maximum atomic E-state index is 13.4. The molecule has 0 aliphatic carbocycles. The summed E-state index contributed by atoms with van der Waals surface area (Å²) in [6.45, 7) is 4.94. The van der Waals surface area contributed by atoms with Crippen molar-refractivity contribution < 1.29 is 18.3 Å². The average Bonchev–Trinajstić information content (AvgIpc) is 4.08. The number of nitrogens with one attached hydrogen (secondary N) is 2. The summed E-state index contributed by atoms with van der Waals surface area (Å²) < 4.78 is 45.0. The number of aromatic nitrogens is 12. The largest absolute Gasteiger partial charge is 0.494 e. The first-order valence-corrected chi connectivity index (χ1v) is 20.6. The van der Waals surface area contributed by atoms with Crippen molar-refractivity contribution in [3.8, 4) is 22.9 Å². The number of fused-ring (bicyclic) bond motifs is 2. The number of nitrogens with zero attached hydrogens (tertiary/aromatic N) is 12. The van der Waals surface area contributed by atoms with Crippen LogP contribution in [0.2, 0.25) is 0 Å². The van der Waals surface area contributed by atoms with Crippen molar-refractivity contribution in [3.63, 3.8) is 0 Å². The van der Waals surface area contributed by atoms with Crippen LogP contribution in [0.4, 0.5) is 32.1 Å². The van der Waals surface area contributed by atoms with Crippen LogP contribution in [0, 0.1) is 25.5 Å². The van der Waals surface area contributed by atoms with Crippen molar-refractivity contribution >= 4 is 23.3 Å². The highest BCUT2D eigenvalue weighted by molar-refractivity contribution is 5.63. The molecule has 0 amide bonds. The maximum Gasteiger partial charge on any atom is 0.246 e. The van der Waals surface area contributed by atoms with Crippen molar-refractivity contribution in [2.24, 2.45) is 0 Å². The molecular formula is C46H44F2N14O2. The molecule has 8 aromatic rings. The Morgan fingerprint density at radius 1 is 0.547 bits per heavy atom. The van der Waals surface area contributed by atoms with Gasteiger partial charge in [0.25, 0.3) is 0 Å². The lowest BCUT2D eigenvalue weighted by Crippen LogP contribution is -2.08. The smallest absolute Gasteiger partial charge is 0.246 e. The van der Waals surface area contributed by atoms with Gasteiger partial charge < -0.3 is 20.1 Å². The van der Waals surface area contributed by atoms with E-state index in [0.717, 1.165) is 58.4 Å². The average molecular weight is 863 g/mol. The van der Waals surface area contributed by atoms with Gasteiger partial charge in [-0.2, -0.15) is 20.2 Å². The number of hydrogen-bond acceptors (Lipinski definition) is 12. The fourth-order valence-corrected chi connectivity index (χ4v) is 7.65. The molecule has 10 rings (SSSR count). The van der Waals surface area contributed by atoms with Gasteiger partial charge in [0.15, 0.2) is 0 Å². The number of halogens is 2. The Kier molecular flexibility index (Phi) is 11.7. The minimum Gasteiger partial charge on any atom is -0.494 e. The van der Waals surface area contributed by atoms with E-state index in [9.17, 15) is 8.78 Å². The molecule has 4 aromatic carbocycles. The number of aryl methyl sites for hydroxylation is 2. The van der Waals surface area contributed by atoms with Crippen LogP contribution < -0.4 is 20.1 Å². The summed E-state index contributed by atoms with van der Waals surface area (Å²) in [4.78, 5) is 17.9. The third-order valence-corrected chi connectivity index (χ3v) is 10.8. The van der Waals surface area contributed by atoms with Crippen LogP contribution in [-0.2, 0) is 13.1 Å². The second-order valence-electron chi connectivity index (χ2n) is 15.1. The van der Waals surface area contributed by atoms with E-state index >= 15 is 0 Å². The Morgan fingerprint density at radius 2 is 0.969 bits per heavy atom. The van der Waals surface area contributed by atoms with Gasteiger partial charge in [0.05, 0.1) is 27.3 Å². The van der Waals surface area contributed by atoms with Crippen LogP contribution in [0.5, 0.6) is 11.5 Å². The van der Waals surface area contributed by atoms with Gasteiger partial charge >= 0.3 is 0 Å². The lowest BCUT2D eigenvalue weighted by Gasteiger charge is -2.13. The van der Waals surface area contributed by atoms with Crippen LogP contribution in [0.3, 0.4) is 0 Å². The minimum atomic E-state index is -0.250. The number of methoxy groups -OCH3 is 2. The van der Waals surface area contributed by atoms with E-state index in [1.807, 2.05) is 59.6 Å². The van der Waals surface area contributed by atoms with E-state index < -0.39 is 0 Å². The molecule has 0 spiro atoms. The van der Waals surface area contributed by atoms with Crippen LogP contribution in [0.1, 0.15) is 59.1 Å². The Morgan fingerprint density at radius 3 is 1.34 bits per heavy atom. The zero-order valence-corrected chi connectivity index (χ0v) is 35.5. The Bertz CT molecular complexity index is 2750. The van der Waals surface area contributed by atoms with Gasteiger partial charge in [-0.1, -0.05) is 48.6 Å². The van der Waals surface area contributed by atoms with E-state index in [0.29, 0.717) is 48.1 Å². The number of benzene rings is 4. The van der Waals surface area contributed by atoms with Crippen LogP contribution in [0.15, 0.2) is 122 Å². The van der Waals surface area contributed by atoms with E-state index in [-0.39, 0.29) is 23.5 Å². The predicted molar refractivity (Wildman–Crippen MR) is 236 cm³/mol. The van der Waals surface area contributed by atoms with Crippen molar-refractivity contribution in [2.45, 2.75) is 51.6 Å². The quantitative estimate of drug-likeness (QED) is 0.127. The molecule has 0 saturated carbocycles. The zero-order chi connectivity index (χ0) is 44.2. The van der Waals surface area contributed by atoms with E-state index in [4.69, 9.17) is 19.4 Å². The maximum absolute atomic E-state index is 13.4. The molecule has 324 valence electrons. The van der Waals surface area contributed by atoms with Gasteiger partial charge in [-0.3, -0.25) is 0 Å². The minimum absolute atomic E-state index is 0.00451. The third-order valence-electron chi connectivity index (χ3n) is 10.8. The molecule has 0 unspecified atom stereocenters. The number of hydrogen-bond donors (Lipinski definition) is 2. The highest BCUT2D eigenvalue weighted by atomic mass is 19.1. The van der Waals surface area contributed by atoms with Crippen molar-refractivity contribution in [2.75, 3.05) is 24.9 Å². The first-order chi connectivity index (χ1) is 31.2. The molecular weight excluding hydrogens is 819 g/mol. The third kappa shape index (κ3) is 8.97. The second-order valence-corrected chi connectivity index (χ2v) is 15.1. The molecule has 4 aromatic heterocycles. The fourth-order valence-electron chi connectivity index (χ4n) is 7.65. The second kappa shape index (κ2) is 18.1. The molecule has 2 aliphatic heterocycles. The predicted octanol–water partition coefficient (Wildman–Crippen LogP) is 8.30. The van der Waals surface area contributed by atoms with Crippen LogP contribution in [-0.4, -0.2) is 73.3 Å². The van der Waals surface area contributed by atoms with Gasteiger partial charge in [0.2, 0.25) is 11.9 Å². The van der Waals surface area contributed by atoms with E-state index in [2.05, 4.69) is 65.3 Å². The molecule has 0 saturated heterocycles. The Balaban J connectivity index is 0.000000162. The Hall–Kier alpha value is -8.02. The van der Waals surface area contributed by atoms with Crippen molar-refractivity contribution in [3.05, 3.63) is 168 Å². The molecule has 18 heteroatoms. The summed E-state index contributed by atoms with van der Waals surface area (Å²) >= 11 is 0. The van der Waals surface area contributed by atoms with E-state index in [1.165, 1.54) is 24.3 Å². The summed E-state index contributed by atoms with van der Waals surface area (Å²) in [7, 11) is 3.23. The summed E-state index contributed by atoms with van der Waals surface area (Å²) in [5.41, 5.74) is 5.16. The standard InChI is InChI=1S/2C23H22FN7O/c2*1-15-25-14-31(28-15)20-11-10-18(13-21(20)32-2)26-23-27-22-19(5-3-4-12-30(22)29-23)16-6-8-17(24)9-7-16/h2*3-4,6-11,13-14,19H,5,12H2,1-2H3,(H,26,29)/t2*19-/m10/s1.